The average Bonchev–Trinajstić information content (AvgIpc) is 2.90. The summed E-state index contributed by atoms with van der Waals surface area (Å²) >= 11 is 0. The third-order valence-electron chi connectivity index (χ3n) is 3.54. The van der Waals surface area contributed by atoms with Crippen molar-refractivity contribution in [2.24, 2.45) is 0 Å². The summed E-state index contributed by atoms with van der Waals surface area (Å²) in [6, 6.07) is 14.8. The SMILES string of the molecule is CC(=O)Oc1ccccc1/C=C1\C=C(c2ccc(C)cc2)OC1=O. The van der Waals surface area contributed by atoms with Crippen molar-refractivity contribution in [3.05, 3.63) is 76.9 Å². The molecular weight excluding hydrogens is 304 g/mol. The Hall–Kier alpha value is -3.14. The van der Waals surface area contributed by atoms with Gasteiger partial charge in [0.15, 0.2) is 0 Å². The quantitative estimate of drug-likeness (QED) is 0.489. The first kappa shape index (κ1) is 15.7. The van der Waals surface area contributed by atoms with Crippen molar-refractivity contribution in [1.82, 2.24) is 0 Å². The lowest BCUT2D eigenvalue weighted by Gasteiger charge is -2.05. The van der Waals surface area contributed by atoms with E-state index in [9.17, 15) is 9.59 Å². The number of carbonyl (C=O) groups is 2. The number of hydrogen-bond acceptors (Lipinski definition) is 4. The summed E-state index contributed by atoms with van der Waals surface area (Å²) in [6.45, 7) is 3.33. The Labute approximate surface area is 140 Å². The molecule has 1 aliphatic heterocycles. The van der Waals surface area contributed by atoms with Crippen LogP contribution in [0, 0.1) is 6.92 Å². The number of rotatable bonds is 3. The van der Waals surface area contributed by atoms with Gasteiger partial charge in [0.25, 0.3) is 0 Å². The predicted octanol–water partition coefficient (Wildman–Crippen LogP) is 3.90. The molecule has 4 heteroatoms. The molecule has 1 heterocycles. The highest BCUT2D eigenvalue weighted by Crippen LogP contribution is 2.29. The van der Waals surface area contributed by atoms with Crippen LogP contribution in [-0.2, 0) is 14.3 Å². The lowest BCUT2D eigenvalue weighted by atomic mass is 10.1. The van der Waals surface area contributed by atoms with Gasteiger partial charge in [0.2, 0.25) is 0 Å². The molecule has 0 radical (unpaired) electrons. The van der Waals surface area contributed by atoms with Gasteiger partial charge in [0.05, 0.1) is 5.57 Å². The van der Waals surface area contributed by atoms with E-state index in [1.165, 1.54) is 6.92 Å². The fourth-order valence-corrected chi connectivity index (χ4v) is 2.36. The predicted molar refractivity (Wildman–Crippen MR) is 91.0 cm³/mol. The Morgan fingerprint density at radius 1 is 1.08 bits per heavy atom. The highest BCUT2D eigenvalue weighted by atomic mass is 16.5. The lowest BCUT2D eigenvalue weighted by Crippen LogP contribution is -2.03. The number of ether oxygens (including phenoxy) is 2. The maximum absolute atomic E-state index is 12.1. The summed E-state index contributed by atoms with van der Waals surface area (Å²) in [5.74, 6) is 0.0765. The summed E-state index contributed by atoms with van der Waals surface area (Å²) in [6.07, 6.45) is 3.35. The molecule has 2 aromatic carbocycles. The normalized spacial score (nSPS) is 15.2. The van der Waals surface area contributed by atoms with Gasteiger partial charge in [-0.2, -0.15) is 0 Å². The Morgan fingerprint density at radius 2 is 1.79 bits per heavy atom. The van der Waals surface area contributed by atoms with Crippen molar-refractivity contribution in [3.8, 4) is 5.75 Å². The molecule has 0 saturated carbocycles. The van der Waals surface area contributed by atoms with Gasteiger partial charge in [-0.1, -0.05) is 48.0 Å². The van der Waals surface area contributed by atoms with E-state index in [-0.39, 0.29) is 0 Å². The highest BCUT2D eigenvalue weighted by Gasteiger charge is 2.22. The van der Waals surface area contributed by atoms with Crippen LogP contribution in [-0.4, -0.2) is 11.9 Å². The molecule has 0 amide bonds. The Kier molecular flexibility index (Phi) is 4.29. The largest absolute Gasteiger partial charge is 0.426 e. The fraction of sp³-hybridized carbons (Fsp3) is 0.100. The Balaban J connectivity index is 1.94. The van der Waals surface area contributed by atoms with Crippen LogP contribution in [0.1, 0.15) is 23.6 Å². The first-order valence-corrected chi connectivity index (χ1v) is 7.53. The molecule has 0 unspecified atom stereocenters. The second-order valence-electron chi connectivity index (χ2n) is 5.50. The van der Waals surface area contributed by atoms with Gasteiger partial charge in [0.1, 0.15) is 11.5 Å². The van der Waals surface area contributed by atoms with Gasteiger partial charge in [-0.05, 0) is 25.1 Å². The van der Waals surface area contributed by atoms with Crippen LogP contribution in [0.3, 0.4) is 0 Å². The maximum atomic E-state index is 12.1. The van der Waals surface area contributed by atoms with Gasteiger partial charge < -0.3 is 9.47 Å². The van der Waals surface area contributed by atoms with Gasteiger partial charge in [-0.3, -0.25) is 4.79 Å². The highest BCUT2D eigenvalue weighted by molar-refractivity contribution is 6.05. The first-order chi connectivity index (χ1) is 11.5. The third-order valence-corrected chi connectivity index (χ3v) is 3.54. The summed E-state index contributed by atoms with van der Waals surface area (Å²) in [5, 5.41) is 0. The number of carbonyl (C=O) groups excluding carboxylic acids is 2. The van der Waals surface area contributed by atoms with Gasteiger partial charge >= 0.3 is 11.9 Å². The minimum absolute atomic E-state index is 0.405. The molecule has 120 valence electrons. The van der Waals surface area contributed by atoms with E-state index in [0.717, 1.165) is 11.1 Å². The molecule has 0 saturated heterocycles. The molecule has 0 atom stereocenters. The molecule has 0 aliphatic carbocycles. The van der Waals surface area contributed by atoms with Crippen LogP contribution in [0.5, 0.6) is 5.75 Å². The van der Waals surface area contributed by atoms with E-state index >= 15 is 0 Å². The summed E-state index contributed by atoms with van der Waals surface area (Å²) in [4.78, 5) is 23.3. The van der Waals surface area contributed by atoms with Crippen LogP contribution >= 0.6 is 0 Å². The average molecular weight is 320 g/mol. The number of cyclic esters (lactones) is 1. The van der Waals surface area contributed by atoms with Crippen molar-refractivity contribution in [1.29, 1.82) is 0 Å². The van der Waals surface area contributed by atoms with Crippen molar-refractivity contribution in [2.45, 2.75) is 13.8 Å². The van der Waals surface area contributed by atoms with E-state index in [2.05, 4.69) is 0 Å². The molecule has 24 heavy (non-hydrogen) atoms. The number of benzene rings is 2. The van der Waals surface area contributed by atoms with Gasteiger partial charge in [0, 0.05) is 18.1 Å². The zero-order chi connectivity index (χ0) is 17.1. The minimum Gasteiger partial charge on any atom is -0.426 e. The van der Waals surface area contributed by atoms with Crippen molar-refractivity contribution in [2.75, 3.05) is 0 Å². The lowest BCUT2D eigenvalue weighted by molar-refractivity contribution is -0.132. The van der Waals surface area contributed by atoms with Gasteiger partial charge in [-0.25, -0.2) is 4.79 Å². The molecule has 1 aliphatic rings. The van der Waals surface area contributed by atoms with Crippen molar-refractivity contribution >= 4 is 23.8 Å². The second kappa shape index (κ2) is 6.54. The molecule has 0 spiro atoms. The fourth-order valence-electron chi connectivity index (χ4n) is 2.36. The number of aryl methyl sites for hydroxylation is 1. The zero-order valence-electron chi connectivity index (χ0n) is 13.4. The summed E-state index contributed by atoms with van der Waals surface area (Å²) in [5.41, 5.74) is 3.02. The molecule has 0 bridgehead atoms. The van der Waals surface area contributed by atoms with E-state index in [1.54, 1.807) is 30.4 Å². The minimum atomic E-state index is -0.428. The summed E-state index contributed by atoms with van der Waals surface area (Å²) in [7, 11) is 0. The summed E-state index contributed by atoms with van der Waals surface area (Å²) < 4.78 is 10.5. The van der Waals surface area contributed by atoms with E-state index in [0.29, 0.717) is 22.6 Å². The molecule has 0 fully saturated rings. The number of para-hydroxylation sites is 1. The Morgan fingerprint density at radius 3 is 2.50 bits per heavy atom. The standard InChI is InChI=1S/C20H16O4/c1-13-7-9-15(10-8-13)19-12-17(20(22)24-19)11-16-5-3-4-6-18(16)23-14(2)21/h3-12H,1-2H3/b17-11+. The van der Waals surface area contributed by atoms with Crippen LogP contribution in [0.4, 0.5) is 0 Å². The van der Waals surface area contributed by atoms with Crippen LogP contribution in [0.25, 0.3) is 11.8 Å². The van der Waals surface area contributed by atoms with Crippen LogP contribution in [0.2, 0.25) is 0 Å². The molecule has 0 aromatic heterocycles. The van der Waals surface area contributed by atoms with Crippen LogP contribution < -0.4 is 4.74 Å². The Bertz CT molecular complexity index is 857. The van der Waals surface area contributed by atoms with E-state index in [1.807, 2.05) is 37.3 Å². The second-order valence-corrected chi connectivity index (χ2v) is 5.50. The van der Waals surface area contributed by atoms with Crippen molar-refractivity contribution < 1.29 is 19.1 Å². The third kappa shape index (κ3) is 3.43. The zero-order valence-corrected chi connectivity index (χ0v) is 13.4. The smallest absolute Gasteiger partial charge is 0.343 e. The number of esters is 2. The topological polar surface area (TPSA) is 52.6 Å². The molecule has 2 aromatic rings. The number of hydrogen-bond donors (Lipinski definition) is 0. The van der Waals surface area contributed by atoms with Crippen molar-refractivity contribution in [3.63, 3.8) is 0 Å². The molecule has 3 rings (SSSR count). The maximum Gasteiger partial charge on any atom is 0.343 e. The monoisotopic (exact) mass is 320 g/mol. The molecular formula is C20H16O4. The van der Waals surface area contributed by atoms with E-state index in [4.69, 9.17) is 9.47 Å². The van der Waals surface area contributed by atoms with E-state index < -0.39 is 11.9 Å². The molecule has 0 N–H and O–H groups in total. The molecule has 4 nitrogen and oxygen atoms in total. The van der Waals surface area contributed by atoms with Crippen LogP contribution in [0.15, 0.2) is 60.2 Å². The van der Waals surface area contributed by atoms with Gasteiger partial charge in [-0.15, -0.1) is 0 Å². The first-order valence-electron chi connectivity index (χ1n) is 7.53.